The van der Waals surface area contributed by atoms with Crippen molar-refractivity contribution in [3.05, 3.63) is 53.6 Å². The number of hydrogen-bond acceptors (Lipinski definition) is 5. The van der Waals surface area contributed by atoms with Crippen molar-refractivity contribution in [3.63, 3.8) is 0 Å². The van der Waals surface area contributed by atoms with Crippen molar-refractivity contribution >= 4 is 11.0 Å². The second-order valence-corrected chi connectivity index (χ2v) is 8.91. The molecule has 1 aliphatic rings. The van der Waals surface area contributed by atoms with E-state index in [2.05, 4.69) is 15.3 Å². The second kappa shape index (κ2) is 9.85. The van der Waals surface area contributed by atoms with Crippen LogP contribution in [0.25, 0.3) is 11.0 Å². The maximum atomic E-state index is 13.7. The van der Waals surface area contributed by atoms with Crippen LogP contribution in [0.2, 0.25) is 0 Å². The highest BCUT2D eigenvalue weighted by Crippen LogP contribution is 2.39. The molecule has 1 aliphatic heterocycles. The van der Waals surface area contributed by atoms with Crippen LogP contribution in [0.4, 0.5) is 30.7 Å². The number of alkyl halides is 7. The number of fused-ring (bicyclic) bond motifs is 1. The molecule has 13 heteroatoms. The molecular weight excluding hydrogens is 497 g/mol. The van der Waals surface area contributed by atoms with E-state index in [0.29, 0.717) is 5.56 Å². The Morgan fingerprint density at radius 3 is 2.53 bits per heavy atom. The van der Waals surface area contributed by atoms with Crippen molar-refractivity contribution < 1.29 is 40.6 Å². The van der Waals surface area contributed by atoms with Gasteiger partial charge in [0.25, 0.3) is 12.9 Å². The zero-order chi connectivity index (χ0) is 26.3. The SMILES string of the molecule is C[C@H]1C[C@@](O)(c2ccc(C(F)F)nc2)C[C@@H](COc2cc(C(F)(F)F)c3c(c2)ncn3CC(F)F)N1. The number of nitrogens with one attached hydrogen (secondary N) is 1. The standard InChI is InChI=1S/C23H23F7N4O2/c1-12-6-22(35,13-2-3-17(21(26)27)31-8-13)7-14(33-12)10-36-15-4-16(23(28,29)30)20-18(5-15)32-11-34(20)9-19(24)25/h2-5,8,11-12,14,19,21,33,35H,6-7,9-10H2,1H3/t12-,14-,22-/m0/s1. The molecule has 6 nitrogen and oxygen atoms in total. The van der Waals surface area contributed by atoms with E-state index < -0.39 is 54.0 Å². The van der Waals surface area contributed by atoms with E-state index >= 15 is 0 Å². The molecule has 0 saturated carbocycles. The van der Waals surface area contributed by atoms with E-state index in [1.165, 1.54) is 18.3 Å². The van der Waals surface area contributed by atoms with Crippen LogP contribution < -0.4 is 10.1 Å². The summed E-state index contributed by atoms with van der Waals surface area (Å²) in [5, 5.41) is 14.4. The van der Waals surface area contributed by atoms with Gasteiger partial charge in [0.15, 0.2) is 0 Å². The minimum absolute atomic E-state index is 0.0877. The number of imidazole rings is 1. The summed E-state index contributed by atoms with van der Waals surface area (Å²) in [7, 11) is 0. The Morgan fingerprint density at radius 2 is 1.92 bits per heavy atom. The van der Waals surface area contributed by atoms with Gasteiger partial charge >= 0.3 is 6.18 Å². The molecule has 0 amide bonds. The minimum Gasteiger partial charge on any atom is -0.492 e. The topological polar surface area (TPSA) is 72.2 Å². The molecule has 1 saturated heterocycles. The number of piperidine rings is 1. The normalized spacial score (nSPS) is 23.1. The molecule has 0 aliphatic carbocycles. The summed E-state index contributed by atoms with van der Waals surface area (Å²) >= 11 is 0. The average Bonchev–Trinajstić information content (AvgIpc) is 3.18. The zero-order valence-electron chi connectivity index (χ0n) is 18.9. The maximum absolute atomic E-state index is 13.7. The van der Waals surface area contributed by atoms with Crippen LogP contribution in [0.1, 0.15) is 43.0 Å². The highest BCUT2D eigenvalue weighted by atomic mass is 19.4. The highest BCUT2D eigenvalue weighted by molar-refractivity contribution is 5.81. The number of benzene rings is 1. The molecular formula is C23H23F7N4O2. The molecule has 4 rings (SSSR count). The van der Waals surface area contributed by atoms with Crippen LogP contribution in [-0.2, 0) is 18.3 Å². The van der Waals surface area contributed by atoms with Crippen LogP contribution in [0, 0.1) is 0 Å². The summed E-state index contributed by atoms with van der Waals surface area (Å²) in [6, 6.07) is 3.75. The van der Waals surface area contributed by atoms with Gasteiger partial charge in [0, 0.05) is 29.9 Å². The zero-order valence-corrected chi connectivity index (χ0v) is 18.9. The van der Waals surface area contributed by atoms with Gasteiger partial charge in [-0.2, -0.15) is 13.2 Å². The van der Waals surface area contributed by atoms with Crippen molar-refractivity contribution in [2.75, 3.05) is 6.61 Å². The molecule has 0 spiro atoms. The number of hydrogen-bond donors (Lipinski definition) is 2. The summed E-state index contributed by atoms with van der Waals surface area (Å²) in [6.07, 6.45) is -7.99. The Hall–Kier alpha value is -2.93. The fourth-order valence-electron chi connectivity index (χ4n) is 4.64. The molecule has 1 fully saturated rings. The van der Waals surface area contributed by atoms with Gasteiger partial charge < -0.3 is 19.7 Å². The molecule has 1 aromatic carbocycles. The third-order valence-corrected chi connectivity index (χ3v) is 6.07. The Labute approximate surface area is 201 Å². The van der Waals surface area contributed by atoms with Crippen LogP contribution in [0.5, 0.6) is 5.75 Å². The molecule has 2 aromatic heterocycles. The lowest BCUT2D eigenvalue weighted by molar-refractivity contribution is -0.136. The van der Waals surface area contributed by atoms with Crippen LogP contribution in [0.15, 0.2) is 36.8 Å². The van der Waals surface area contributed by atoms with Crippen molar-refractivity contribution in [3.8, 4) is 5.75 Å². The predicted molar refractivity (Wildman–Crippen MR) is 115 cm³/mol. The van der Waals surface area contributed by atoms with E-state index in [1.807, 2.05) is 0 Å². The van der Waals surface area contributed by atoms with Gasteiger partial charge in [0.2, 0.25) is 0 Å². The summed E-state index contributed by atoms with van der Waals surface area (Å²) < 4.78 is 98.8. The molecule has 3 aromatic rings. The fraction of sp³-hybridized carbons (Fsp3) is 0.478. The molecule has 0 bridgehead atoms. The third kappa shape index (κ3) is 5.56. The lowest BCUT2D eigenvalue weighted by Gasteiger charge is -2.41. The summed E-state index contributed by atoms with van der Waals surface area (Å²) in [5.74, 6) is -0.163. The van der Waals surface area contributed by atoms with Crippen molar-refractivity contribution in [2.45, 2.75) is 63.0 Å². The number of ether oxygens (including phenoxy) is 1. The molecule has 36 heavy (non-hydrogen) atoms. The molecule has 3 heterocycles. The van der Waals surface area contributed by atoms with E-state index in [-0.39, 0.29) is 36.8 Å². The molecule has 2 N–H and O–H groups in total. The van der Waals surface area contributed by atoms with Crippen LogP contribution in [0.3, 0.4) is 0 Å². The fourth-order valence-corrected chi connectivity index (χ4v) is 4.64. The lowest BCUT2D eigenvalue weighted by atomic mass is 9.79. The highest BCUT2D eigenvalue weighted by Gasteiger charge is 2.40. The van der Waals surface area contributed by atoms with Gasteiger partial charge in [-0.05, 0) is 31.9 Å². The Bertz CT molecular complexity index is 1200. The monoisotopic (exact) mass is 520 g/mol. The number of rotatable bonds is 7. The molecule has 0 unspecified atom stereocenters. The quantitative estimate of drug-likeness (QED) is 0.427. The Balaban J connectivity index is 1.54. The number of aromatic nitrogens is 3. The summed E-state index contributed by atoms with van der Waals surface area (Å²) in [5.41, 5.74) is -3.26. The number of halogens is 7. The number of pyridine rings is 1. The molecule has 0 radical (unpaired) electrons. The number of nitrogens with zero attached hydrogens (tertiary/aromatic N) is 3. The average molecular weight is 520 g/mol. The third-order valence-electron chi connectivity index (χ3n) is 6.07. The van der Waals surface area contributed by atoms with Gasteiger partial charge in [0.1, 0.15) is 18.1 Å². The van der Waals surface area contributed by atoms with Gasteiger partial charge in [-0.1, -0.05) is 6.07 Å². The molecule has 3 atom stereocenters. The van der Waals surface area contributed by atoms with E-state index in [0.717, 1.165) is 23.0 Å². The van der Waals surface area contributed by atoms with E-state index in [4.69, 9.17) is 4.74 Å². The van der Waals surface area contributed by atoms with Gasteiger partial charge in [0.05, 0.1) is 35.1 Å². The van der Waals surface area contributed by atoms with Gasteiger partial charge in [-0.15, -0.1) is 0 Å². The van der Waals surface area contributed by atoms with Crippen LogP contribution in [-0.4, -0.2) is 44.8 Å². The summed E-state index contributed by atoms with van der Waals surface area (Å²) in [4.78, 5) is 7.53. The van der Waals surface area contributed by atoms with Gasteiger partial charge in [-0.25, -0.2) is 22.5 Å². The predicted octanol–water partition coefficient (Wildman–Crippen LogP) is 5.06. The first-order valence-corrected chi connectivity index (χ1v) is 11.1. The summed E-state index contributed by atoms with van der Waals surface area (Å²) in [6.45, 7) is 0.729. The van der Waals surface area contributed by atoms with Gasteiger partial charge in [-0.3, -0.25) is 4.98 Å². The second-order valence-electron chi connectivity index (χ2n) is 8.91. The smallest absolute Gasteiger partial charge is 0.418 e. The maximum Gasteiger partial charge on any atom is 0.418 e. The van der Waals surface area contributed by atoms with Crippen molar-refractivity contribution in [2.24, 2.45) is 0 Å². The first-order valence-electron chi connectivity index (χ1n) is 11.1. The van der Waals surface area contributed by atoms with E-state index in [9.17, 15) is 35.8 Å². The van der Waals surface area contributed by atoms with E-state index in [1.54, 1.807) is 6.92 Å². The largest absolute Gasteiger partial charge is 0.492 e. The van der Waals surface area contributed by atoms with Crippen LogP contribution >= 0.6 is 0 Å². The molecule has 196 valence electrons. The Morgan fingerprint density at radius 1 is 1.17 bits per heavy atom. The lowest BCUT2D eigenvalue weighted by Crippen LogP contribution is -2.53. The first-order chi connectivity index (χ1) is 16.9. The minimum atomic E-state index is -4.84. The van der Waals surface area contributed by atoms with Crippen molar-refractivity contribution in [1.82, 2.24) is 19.9 Å². The first kappa shape index (κ1) is 26.1. The number of aliphatic hydroxyl groups is 1. The Kier molecular flexibility index (Phi) is 7.15. The van der Waals surface area contributed by atoms with Crippen molar-refractivity contribution in [1.29, 1.82) is 0 Å².